The molecule has 1 aliphatic carbocycles. The Morgan fingerprint density at radius 2 is 1.74 bits per heavy atom. The zero-order valence-electron chi connectivity index (χ0n) is 10.5. The summed E-state index contributed by atoms with van der Waals surface area (Å²) in [5.41, 5.74) is 5.04. The molecule has 0 amide bonds. The van der Waals surface area contributed by atoms with Crippen molar-refractivity contribution < 1.29 is 17.6 Å². The largest absolute Gasteiger partial charge is 0.416 e. The Morgan fingerprint density at radius 3 is 2.32 bits per heavy atom. The second-order valence-corrected chi connectivity index (χ2v) is 5.15. The highest BCUT2D eigenvalue weighted by Crippen LogP contribution is 2.39. The Bertz CT molecular complexity index is 436. The number of hydrogen-bond donors (Lipinski definition) is 1. The van der Waals surface area contributed by atoms with Crippen molar-refractivity contribution in [2.24, 2.45) is 11.7 Å². The van der Waals surface area contributed by atoms with Crippen molar-refractivity contribution in [1.82, 2.24) is 0 Å². The SMILES string of the molecule is N[C@H](c1cc(F)ccc1C(F)(F)F)C1CCCCC1. The minimum absolute atomic E-state index is 0.0108. The fourth-order valence-electron chi connectivity index (χ4n) is 2.81. The lowest BCUT2D eigenvalue weighted by atomic mass is 9.80. The number of rotatable bonds is 2. The first-order valence-electron chi connectivity index (χ1n) is 6.52. The summed E-state index contributed by atoms with van der Waals surface area (Å²) in [7, 11) is 0. The highest BCUT2D eigenvalue weighted by atomic mass is 19.4. The monoisotopic (exact) mass is 275 g/mol. The average Bonchev–Trinajstić information content (AvgIpc) is 2.37. The molecule has 1 fully saturated rings. The van der Waals surface area contributed by atoms with Crippen LogP contribution in [0.15, 0.2) is 18.2 Å². The Kier molecular flexibility index (Phi) is 4.13. The summed E-state index contributed by atoms with van der Waals surface area (Å²) in [5.74, 6) is -0.661. The molecular formula is C14H17F4N. The summed E-state index contributed by atoms with van der Waals surface area (Å²) in [4.78, 5) is 0. The topological polar surface area (TPSA) is 26.0 Å². The van der Waals surface area contributed by atoms with Gasteiger partial charge in [0.15, 0.2) is 0 Å². The third-order valence-corrected chi connectivity index (χ3v) is 3.84. The molecule has 0 bridgehead atoms. The van der Waals surface area contributed by atoms with Gasteiger partial charge < -0.3 is 5.73 Å². The van der Waals surface area contributed by atoms with Gasteiger partial charge in [0, 0.05) is 6.04 Å². The van der Waals surface area contributed by atoms with Gasteiger partial charge in [-0.2, -0.15) is 13.2 Å². The number of alkyl halides is 3. The molecule has 1 aliphatic rings. The summed E-state index contributed by atoms with van der Waals surface area (Å²) in [6, 6.07) is 1.81. The van der Waals surface area contributed by atoms with E-state index in [4.69, 9.17) is 5.73 Å². The highest BCUT2D eigenvalue weighted by Gasteiger charge is 2.36. The van der Waals surface area contributed by atoms with E-state index in [1.54, 1.807) is 0 Å². The first-order valence-corrected chi connectivity index (χ1v) is 6.52. The van der Waals surface area contributed by atoms with Gasteiger partial charge in [-0.15, -0.1) is 0 Å². The molecule has 5 heteroatoms. The molecule has 106 valence electrons. The Balaban J connectivity index is 2.33. The lowest BCUT2D eigenvalue weighted by molar-refractivity contribution is -0.138. The maximum Gasteiger partial charge on any atom is 0.416 e. The van der Waals surface area contributed by atoms with Gasteiger partial charge in [-0.05, 0) is 42.5 Å². The van der Waals surface area contributed by atoms with Crippen molar-refractivity contribution in [2.75, 3.05) is 0 Å². The van der Waals surface area contributed by atoms with Gasteiger partial charge in [-0.25, -0.2) is 4.39 Å². The van der Waals surface area contributed by atoms with E-state index in [9.17, 15) is 17.6 Å². The molecule has 0 aromatic heterocycles. The van der Waals surface area contributed by atoms with Crippen molar-refractivity contribution in [3.63, 3.8) is 0 Å². The summed E-state index contributed by atoms with van der Waals surface area (Å²) >= 11 is 0. The van der Waals surface area contributed by atoms with E-state index in [1.165, 1.54) is 0 Å². The van der Waals surface area contributed by atoms with Crippen molar-refractivity contribution in [1.29, 1.82) is 0 Å². The van der Waals surface area contributed by atoms with Crippen LogP contribution in [0.25, 0.3) is 0 Å². The molecule has 1 nitrogen and oxygen atoms in total. The van der Waals surface area contributed by atoms with E-state index in [2.05, 4.69) is 0 Å². The molecule has 1 atom stereocenters. The van der Waals surface area contributed by atoms with E-state index in [-0.39, 0.29) is 11.5 Å². The van der Waals surface area contributed by atoms with Gasteiger partial charge in [0.2, 0.25) is 0 Å². The van der Waals surface area contributed by atoms with Gasteiger partial charge in [0.1, 0.15) is 5.82 Å². The minimum Gasteiger partial charge on any atom is -0.324 e. The molecule has 1 saturated carbocycles. The predicted molar refractivity (Wildman–Crippen MR) is 64.9 cm³/mol. The zero-order valence-corrected chi connectivity index (χ0v) is 10.5. The van der Waals surface area contributed by atoms with E-state index in [1.807, 2.05) is 0 Å². The van der Waals surface area contributed by atoms with E-state index in [0.717, 1.165) is 50.3 Å². The summed E-state index contributed by atoms with van der Waals surface area (Å²) in [5, 5.41) is 0. The van der Waals surface area contributed by atoms with Crippen LogP contribution in [0, 0.1) is 11.7 Å². The van der Waals surface area contributed by atoms with Crippen molar-refractivity contribution in [3.8, 4) is 0 Å². The molecule has 0 spiro atoms. The molecule has 0 heterocycles. The fourth-order valence-corrected chi connectivity index (χ4v) is 2.81. The molecular weight excluding hydrogens is 258 g/mol. The van der Waals surface area contributed by atoms with Gasteiger partial charge in [0.05, 0.1) is 5.56 Å². The number of benzene rings is 1. The van der Waals surface area contributed by atoms with Crippen molar-refractivity contribution in [3.05, 3.63) is 35.1 Å². The van der Waals surface area contributed by atoms with Crippen LogP contribution in [0.2, 0.25) is 0 Å². The maximum atomic E-state index is 13.2. The molecule has 2 rings (SSSR count). The van der Waals surface area contributed by atoms with Crippen LogP contribution < -0.4 is 5.73 Å². The quantitative estimate of drug-likeness (QED) is 0.794. The van der Waals surface area contributed by atoms with Crippen LogP contribution in [0.1, 0.15) is 49.3 Å². The van der Waals surface area contributed by atoms with E-state index in [0.29, 0.717) is 0 Å². The lowest BCUT2D eigenvalue weighted by Gasteiger charge is -2.29. The average molecular weight is 275 g/mol. The molecule has 0 aliphatic heterocycles. The fraction of sp³-hybridized carbons (Fsp3) is 0.571. The zero-order chi connectivity index (χ0) is 14.0. The van der Waals surface area contributed by atoms with Gasteiger partial charge >= 0.3 is 6.18 Å². The predicted octanol–water partition coefficient (Wildman–Crippen LogP) is 4.42. The van der Waals surface area contributed by atoms with Crippen molar-refractivity contribution in [2.45, 2.75) is 44.3 Å². The second-order valence-electron chi connectivity index (χ2n) is 5.15. The third kappa shape index (κ3) is 3.26. The molecule has 0 saturated heterocycles. The van der Waals surface area contributed by atoms with Crippen LogP contribution in [0.3, 0.4) is 0 Å². The maximum absolute atomic E-state index is 13.2. The summed E-state index contributed by atoms with van der Waals surface area (Å²) in [6.07, 6.45) is 0.196. The van der Waals surface area contributed by atoms with Crippen LogP contribution in [-0.2, 0) is 6.18 Å². The minimum atomic E-state index is -4.49. The summed E-state index contributed by atoms with van der Waals surface area (Å²) in [6.45, 7) is 0. The van der Waals surface area contributed by atoms with Gasteiger partial charge in [-0.1, -0.05) is 19.3 Å². The molecule has 0 radical (unpaired) electrons. The Labute approximate surface area is 109 Å². The van der Waals surface area contributed by atoms with Crippen LogP contribution in [0.5, 0.6) is 0 Å². The summed E-state index contributed by atoms with van der Waals surface area (Å²) < 4.78 is 52.0. The van der Waals surface area contributed by atoms with E-state index < -0.39 is 23.6 Å². The third-order valence-electron chi connectivity index (χ3n) is 3.84. The van der Waals surface area contributed by atoms with Crippen LogP contribution in [-0.4, -0.2) is 0 Å². The lowest BCUT2D eigenvalue weighted by Crippen LogP contribution is -2.26. The molecule has 2 N–H and O–H groups in total. The smallest absolute Gasteiger partial charge is 0.324 e. The first kappa shape index (κ1) is 14.3. The number of halogens is 4. The van der Waals surface area contributed by atoms with Crippen molar-refractivity contribution >= 4 is 0 Å². The van der Waals surface area contributed by atoms with E-state index >= 15 is 0 Å². The molecule has 0 unspecified atom stereocenters. The first-order chi connectivity index (χ1) is 8.89. The van der Waals surface area contributed by atoms with Gasteiger partial charge in [-0.3, -0.25) is 0 Å². The standard InChI is InChI=1S/C14H17F4N/c15-10-6-7-12(14(16,17)18)11(8-10)13(19)9-4-2-1-3-5-9/h6-9,13H,1-5,19H2/t13-/m0/s1. The highest BCUT2D eigenvalue weighted by molar-refractivity contribution is 5.33. The van der Waals surface area contributed by atoms with Gasteiger partial charge in [0.25, 0.3) is 0 Å². The molecule has 19 heavy (non-hydrogen) atoms. The van der Waals surface area contributed by atoms with Crippen LogP contribution in [0.4, 0.5) is 17.6 Å². The number of hydrogen-bond acceptors (Lipinski definition) is 1. The second kappa shape index (κ2) is 5.49. The molecule has 1 aromatic rings. The Hall–Kier alpha value is -1.10. The van der Waals surface area contributed by atoms with Crippen LogP contribution >= 0.6 is 0 Å². The Morgan fingerprint density at radius 1 is 1.11 bits per heavy atom. The number of nitrogens with two attached hydrogens (primary N) is 1. The molecule has 1 aromatic carbocycles. The normalized spacial score (nSPS) is 19.4.